The van der Waals surface area contributed by atoms with E-state index >= 15 is 0 Å². The van der Waals surface area contributed by atoms with Gasteiger partial charge >= 0.3 is 0 Å². The molecule has 0 aliphatic heterocycles. The van der Waals surface area contributed by atoms with E-state index in [1.54, 1.807) is 30.7 Å². The molecule has 2 N–H and O–H groups in total. The molecule has 0 atom stereocenters. The predicted octanol–water partition coefficient (Wildman–Crippen LogP) is 2.54. The van der Waals surface area contributed by atoms with Crippen LogP contribution in [-0.2, 0) is 0 Å². The fraction of sp³-hybridized carbons (Fsp3) is 0.0588. The molecule has 0 radical (unpaired) electrons. The lowest BCUT2D eigenvalue weighted by molar-refractivity contribution is 0.0949. The molecule has 0 saturated heterocycles. The summed E-state index contributed by atoms with van der Waals surface area (Å²) in [4.78, 5) is 16.1. The molecule has 3 aromatic rings. The third-order valence-electron chi connectivity index (χ3n) is 3.37. The van der Waals surface area contributed by atoms with Gasteiger partial charge in [0.05, 0.1) is 11.9 Å². The van der Waals surface area contributed by atoms with Crippen molar-refractivity contribution in [1.29, 1.82) is 0 Å². The highest BCUT2D eigenvalue weighted by Crippen LogP contribution is 2.22. The zero-order valence-corrected chi connectivity index (χ0v) is 12.5. The number of H-pyrrole nitrogens is 1. The number of pyridine rings is 1. The number of rotatable bonds is 4. The molecule has 0 unspecified atom stereocenters. The van der Waals surface area contributed by atoms with Crippen LogP contribution in [0.5, 0.6) is 0 Å². The van der Waals surface area contributed by atoms with Crippen LogP contribution in [0.25, 0.3) is 11.3 Å². The monoisotopic (exact) mass is 305 g/mol. The lowest BCUT2D eigenvalue weighted by atomic mass is 10.1. The molecular weight excluding hydrogens is 290 g/mol. The third-order valence-corrected chi connectivity index (χ3v) is 3.37. The largest absolute Gasteiger partial charge is 0.289 e. The van der Waals surface area contributed by atoms with Gasteiger partial charge in [-0.2, -0.15) is 10.2 Å². The van der Waals surface area contributed by atoms with Gasteiger partial charge in [0.25, 0.3) is 5.91 Å². The van der Waals surface area contributed by atoms with E-state index < -0.39 is 0 Å². The summed E-state index contributed by atoms with van der Waals surface area (Å²) < 4.78 is 0. The number of nitrogens with one attached hydrogen (secondary N) is 2. The van der Waals surface area contributed by atoms with Crippen LogP contribution in [0.1, 0.15) is 21.6 Å². The summed E-state index contributed by atoms with van der Waals surface area (Å²) >= 11 is 0. The van der Waals surface area contributed by atoms with Crippen LogP contribution in [0, 0.1) is 6.92 Å². The van der Waals surface area contributed by atoms with Crippen molar-refractivity contribution in [1.82, 2.24) is 20.6 Å². The van der Waals surface area contributed by atoms with E-state index in [9.17, 15) is 4.79 Å². The van der Waals surface area contributed by atoms with Gasteiger partial charge in [0.2, 0.25) is 0 Å². The number of nitrogens with zero attached hydrogens (tertiary/aromatic N) is 3. The van der Waals surface area contributed by atoms with Gasteiger partial charge in [-0.15, -0.1) is 0 Å². The summed E-state index contributed by atoms with van der Waals surface area (Å²) in [6.45, 7) is 1.85. The standard InChI is InChI=1S/C17H15N5O/c1-12-15(14-5-3-2-4-6-14)20-21-16(12)17(23)22-19-11-13-7-9-18-10-8-13/h2-11H,1H3,(H,20,21)(H,22,23)/b19-11-. The fourth-order valence-electron chi connectivity index (χ4n) is 2.17. The molecule has 2 heterocycles. The second-order valence-corrected chi connectivity index (χ2v) is 4.92. The zero-order chi connectivity index (χ0) is 16.1. The summed E-state index contributed by atoms with van der Waals surface area (Å²) in [6.07, 6.45) is 4.88. The smallest absolute Gasteiger partial charge is 0.272 e. The number of carbonyl (C=O) groups excluding carboxylic acids is 1. The molecule has 6 nitrogen and oxygen atoms in total. The summed E-state index contributed by atoms with van der Waals surface area (Å²) in [7, 11) is 0. The molecule has 1 aromatic carbocycles. The van der Waals surface area contributed by atoms with Crippen molar-refractivity contribution in [3.8, 4) is 11.3 Å². The van der Waals surface area contributed by atoms with Gasteiger partial charge < -0.3 is 0 Å². The maximum atomic E-state index is 12.2. The summed E-state index contributed by atoms with van der Waals surface area (Å²) in [5.41, 5.74) is 6.25. The molecule has 0 spiro atoms. The molecule has 0 aliphatic carbocycles. The summed E-state index contributed by atoms with van der Waals surface area (Å²) in [5.74, 6) is -0.331. The summed E-state index contributed by atoms with van der Waals surface area (Å²) in [5, 5.41) is 10.9. The minimum atomic E-state index is -0.331. The van der Waals surface area contributed by atoms with Gasteiger partial charge in [-0.25, -0.2) is 5.43 Å². The van der Waals surface area contributed by atoms with E-state index in [0.29, 0.717) is 5.69 Å². The highest BCUT2D eigenvalue weighted by molar-refractivity contribution is 5.95. The molecular formula is C17H15N5O. The van der Waals surface area contributed by atoms with Gasteiger partial charge in [0.1, 0.15) is 5.69 Å². The van der Waals surface area contributed by atoms with Crippen molar-refractivity contribution in [3.05, 3.63) is 71.7 Å². The molecule has 6 heteroatoms. The van der Waals surface area contributed by atoms with Crippen molar-refractivity contribution in [2.45, 2.75) is 6.92 Å². The first-order valence-electron chi connectivity index (χ1n) is 7.09. The van der Waals surface area contributed by atoms with E-state index in [-0.39, 0.29) is 5.91 Å². The number of aromatic amines is 1. The van der Waals surface area contributed by atoms with E-state index in [0.717, 1.165) is 22.4 Å². The maximum Gasteiger partial charge on any atom is 0.289 e. The molecule has 23 heavy (non-hydrogen) atoms. The first-order chi connectivity index (χ1) is 11.3. The SMILES string of the molecule is Cc1c(-c2ccccc2)n[nH]c1C(=O)N/N=C\c1ccncc1. The lowest BCUT2D eigenvalue weighted by Crippen LogP contribution is -2.19. The van der Waals surface area contributed by atoms with Crippen molar-refractivity contribution in [2.75, 3.05) is 0 Å². The quantitative estimate of drug-likeness (QED) is 0.574. The molecule has 3 rings (SSSR count). The van der Waals surface area contributed by atoms with E-state index in [2.05, 4.69) is 25.7 Å². The van der Waals surface area contributed by atoms with E-state index in [1.165, 1.54) is 0 Å². The Morgan fingerprint density at radius 2 is 1.91 bits per heavy atom. The third kappa shape index (κ3) is 3.32. The van der Waals surface area contributed by atoms with E-state index in [1.807, 2.05) is 37.3 Å². The maximum absolute atomic E-state index is 12.2. The second kappa shape index (κ2) is 6.65. The molecule has 1 amide bonds. The Labute approximate surface area is 133 Å². The second-order valence-electron chi connectivity index (χ2n) is 4.92. The van der Waals surface area contributed by atoms with Gasteiger partial charge in [0, 0.05) is 23.5 Å². The Kier molecular flexibility index (Phi) is 4.24. The highest BCUT2D eigenvalue weighted by atomic mass is 16.2. The van der Waals surface area contributed by atoms with Gasteiger partial charge in [-0.3, -0.25) is 14.9 Å². The highest BCUT2D eigenvalue weighted by Gasteiger charge is 2.16. The molecule has 2 aromatic heterocycles. The average molecular weight is 305 g/mol. The van der Waals surface area contributed by atoms with Crippen LogP contribution in [-0.4, -0.2) is 27.3 Å². The minimum absolute atomic E-state index is 0.331. The molecule has 0 saturated carbocycles. The summed E-state index contributed by atoms with van der Waals surface area (Å²) in [6, 6.07) is 13.3. The van der Waals surface area contributed by atoms with Crippen LogP contribution in [0.2, 0.25) is 0 Å². The normalized spacial score (nSPS) is 10.8. The number of hydrogen-bond acceptors (Lipinski definition) is 4. The first kappa shape index (κ1) is 14.6. The van der Waals surface area contributed by atoms with Crippen molar-refractivity contribution >= 4 is 12.1 Å². The Balaban J connectivity index is 1.74. The van der Waals surface area contributed by atoms with Crippen LogP contribution >= 0.6 is 0 Å². The fourth-order valence-corrected chi connectivity index (χ4v) is 2.17. The van der Waals surface area contributed by atoms with Crippen LogP contribution in [0.3, 0.4) is 0 Å². The Morgan fingerprint density at radius 1 is 1.17 bits per heavy atom. The lowest BCUT2D eigenvalue weighted by Gasteiger charge is -2.00. The van der Waals surface area contributed by atoms with Gasteiger partial charge in [-0.05, 0) is 24.6 Å². The Hall–Kier alpha value is -3.28. The number of aromatic nitrogens is 3. The first-order valence-corrected chi connectivity index (χ1v) is 7.09. The number of hydrazone groups is 1. The van der Waals surface area contributed by atoms with Crippen molar-refractivity contribution in [3.63, 3.8) is 0 Å². The predicted molar refractivity (Wildman–Crippen MR) is 88.1 cm³/mol. The Bertz CT molecular complexity index is 825. The van der Waals surface area contributed by atoms with Crippen LogP contribution < -0.4 is 5.43 Å². The van der Waals surface area contributed by atoms with Crippen molar-refractivity contribution in [2.24, 2.45) is 5.10 Å². The van der Waals surface area contributed by atoms with Crippen LogP contribution in [0.15, 0.2) is 60.0 Å². The molecule has 0 fully saturated rings. The number of benzene rings is 1. The molecule has 0 aliphatic rings. The average Bonchev–Trinajstić information content (AvgIpc) is 2.98. The number of amides is 1. The zero-order valence-electron chi connectivity index (χ0n) is 12.5. The Morgan fingerprint density at radius 3 is 2.65 bits per heavy atom. The minimum Gasteiger partial charge on any atom is -0.272 e. The number of hydrogen-bond donors (Lipinski definition) is 2. The molecule has 0 bridgehead atoms. The van der Waals surface area contributed by atoms with Crippen molar-refractivity contribution < 1.29 is 4.79 Å². The van der Waals surface area contributed by atoms with Gasteiger partial charge in [0.15, 0.2) is 0 Å². The van der Waals surface area contributed by atoms with Crippen LogP contribution in [0.4, 0.5) is 0 Å². The van der Waals surface area contributed by atoms with E-state index in [4.69, 9.17) is 0 Å². The molecule has 114 valence electrons. The number of carbonyl (C=O) groups is 1. The van der Waals surface area contributed by atoms with Gasteiger partial charge in [-0.1, -0.05) is 30.3 Å². The topological polar surface area (TPSA) is 83.0 Å².